The minimum atomic E-state index is -0.507. The van der Waals surface area contributed by atoms with Crippen LogP contribution in [0.3, 0.4) is 0 Å². The Morgan fingerprint density at radius 1 is 1.00 bits per heavy atom. The van der Waals surface area contributed by atoms with E-state index in [0.717, 1.165) is 12.0 Å². The molecule has 2 rings (SSSR count). The summed E-state index contributed by atoms with van der Waals surface area (Å²) in [7, 11) is 0. The molecule has 0 saturated carbocycles. The number of benzene rings is 2. The number of nitrogens with one attached hydrogen (secondary N) is 1. The van der Waals surface area contributed by atoms with Gasteiger partial charge in [-0.25, -0.2) is 0 Å². The third-order valence-electron chi connectivity index (χ3n) is 4.00. The van der Waals surface area contributed by atoms with E-state index in [0.29, 0.717) is 6.54 Å². The predicted octanol–water partition coefficient (Wildman–Crippen LogP) is 3.63. The van der Waals surface area contributed by atoms with Crippen molar-refractivity contribution in [3.63, 3.8) is 0 Å². The number of hydrogen-bond acceptors (Lipinski definition) is 1. The molecule has 2 aromatic rings. The highest BCUT2D eigenvalue weighted by Gasteiger charge is 2.28. The Morgan fingerprint density at radius 3 is 2.29 bits per heavy atom. The number of rotatable bonds is 5. The molecule has 0 heterocycles. The van der Waals surface area contributed by atoms with Crippen molar-refractivity contribution in [2.75, 3.05) is 6.54 Å². The minimum absolute atomic E-state index is 0.0716. The van der Waals surface area contributed by atoms with Crippen LogP contribution in [-0.2, 0) is 16.6 Å². The molecule has 1 amide bonds. The van der Waals surface area contributed by atoms with Crippen LogP contribution in [-0.4, -0.2) is 12.5 Å². The molecule has 0 atom stereocenters. The summed E-state index contributed by atoms with van der Waals surface area (Å²) in [6, 6.07) is 18.2. The van der Waals surface area contributed by atoms with E-state index in [4.69, 9.17) is 0 Å². The maximum absolute atomic E-state index is 12.4. The van der Waals surface area contributed by atoms with Crippen molar-refractivity contribution in [3.05, 3.63) is 71.3 Å². The first-order chi connectivity index (χ1) is 10.0. The molecule has 0 radical (unpaired) electrons. The minimum Gasteiger partial charge on any atom is -0.355 e. The number of hydrogen-bond donors (Lipinski definition) is 1. The van der Waals surface area contributed by atoms with Crippen LogP contribution in [0.4, 0.5) is 0 Å². The summed E-state index contributed by atoms with van der Waals surface area (Å²) >= 11 is 0. The van der Waals surface area contributed by atoms with Gasteiger partial charge < -0.3 is 5.32 Å². The highest BCUT2D eigenvalue weighted by molar-refractivity contribution is 5.87. The summed E-state index contributed by atoms with van der Waals surface area (Å²) in [5.74, 6) is 0.0716. The lowest BCUT2D eigenvalue weighted by Crippen LogP contribution is -2.40. The van der Waals surface area contributed by atoms with Gasteiger partial charge in [0.1, 0.15) is 0 Å². The zero-order valence-corrected chi connectivity index (χ0v) is 13.0. The van der Waals surface area contributed by atoms with Crippen molar-refractivity contribution < 1.29 is 4.79 Å². The molecular formula is C19H23NO. The third kappa shape index (κ3) is 3.72. The first-order valence-corrected chi connectivity index (χ1v) is 7.40. The van der Waals surface area contributed by atoms with Crippen LogP contribution in [0.15, 0.2) is 54.6 Å². The summed E-state index contributed by atoms with van der Waals surface area (Å²) in [6.07, 6.45) is 0.864. The third-order valence-corrected chi connectivity index (χ3v) is 4.00. The van der Waals surface area contributed by atoms with E-state index >= 15 is 0 Å². The van der Waals surface area contributed by atoms with Crippen molar-refractivity contribution in [2.24, 2.45) is 0 Å². The fourth-order valence-corrected chi connectivity index (χ4v) is 2.41. The average molecular weight is 281 g/mol. The van der Waals surface area contributed by atoms with E-state index in [1.165, 1.54) is 11.1 Å². The Bertz CT molecular complexity index is 602. The molecule has 110 valence electrons. The van der Waals surface area contributed by atoms with Gasteiger partial charge in [0.15, 0.2) is 0 Å². The number of amides is 1. The topological polar surface area (TPSA) is 29.1 Å². The monoisotopic (exact) mass is 281 g/mol. The zero-order chi connectivity index (χ0) is 15.3. The Morgan fingerprint density at radius 2 is 1.62 bits per heavy atom. The van der Waals surface area contributed by atoms with Crippen LogP contribution in [0.2, 0.25) is 0 Å². The van der Waals surface area contributed by atoms with Crippen LogP contribution in [0.5, 0.6) is 0 Å². The molecule has 2 heteroatoms. The Hall–Kier alpha value is -2.09. The lowest BCUT2D eigenvalue weighted by atomic mass is 9.84. The fourth-order valence-electron chi connectivity index (χ4n) is 2.41. The second kappa shape index (κ2) is 6.57. The zero-order valence-electron chi connectivity index (χ0n) is 13.0. The van der Waals surface area contributed by atoms with Crippen molar-refractivity contribution in [1.29, 1.82) is 0 Å². The molecule has 0 aliphatic heterocycles. The highest BCUT2D eigenvalue weighted by atomic mass is 16.2. The number of carbonyl (C=O) groups is 1. The maximum atomic E-state index is 12.4. The van der Waals surface area contributed by atoms with Gasteiger partial charge in [0.2, 0.25) is 5.91 Å². The van der Waals surface area contributed by atoms with Gasteiger partial charge in [0.25, 0.3) is 0 Å². The van der Waals surface area contributed by atoms with Crippen molar-refractivity contribution in [3.8, 4) is 0 Å². The molecule has 0 aliphatic carbocycles. The van der Waals surface area contributed by atoms with Crippen LogP contribution >= 0.6 is 0 Å². The van der Waals surface area contributed by atoms with Gasteiger partial charge in [-0.2, -0.15) is 0 Å². The van der Waals surface area contributed by atoms with E-state index in [1.54, 1.807) is 0 Å². The van der Waals surface area contributed by atoms with Crippen LogP contribution in [0.1, 0.15) is 30.5 Å². The molecule has 0 unspecified atom stereocenters. The maximum Gasteiger partial charge on any atom is 0.230 e. The summed E-state index contributed by atoms with van der Waals surface area (Å²) in [6.45, 7) is 6.70. The fraction of sp³-hybridized carbons (Fsp3) is 0.316. The molecule has 0 aromatic heterocycles. The normalized spacial score (nSPS) is 11.2. The molecule has 2 aromatic carbocycles. The standard InChI is InChI=1S/C19H23NO/c1-15-9-7-8-10-16(15)13-14-20-18(21)19(2,3)17-11-5-4-6-12-17/h4-12H,13-14H2,1-3H3,(H,20,21). The first kappa shape index (κ1) is 15.3. The SMILES string of the molecule is Cc1ccccc1CCNC(=O)C(C)(C)c1ccccc1. The van der Waals surface area contributed by atoms with Crippen molar-refractivity contribution in [2.45, 2.75) is 32.6 Å². The second-order valence-electron chi connectivity index (χ2n) is 5.92. The van der Waals surface area contributed by atoms with Gasteiger partial charge >= 0.3 is 0 Å². The lowest BCUT2D eigenvalue weighted by molar-refractivity contribution is -0.125. The van der Waals surface area contributed by atoms with Gasteiger partial charge in [-0.05, 0) is 43.9 Å². The predicted molar refractivity (Wildman–Crippen MR) is 87.4 cm³/mol. The van der Waals surface area contributed by atoms with E-state index in [1.807, 2.05) is 56.3 Å². The number of carbonyl (C=O) groups excluding carboxylic acids is 1. The molecule has 0 fully saturated rings. The molecule has 21 heavy (non-hydrogen) atoms. The smallest absolute Gasteiger partial charge is 0.230 e. The van der Waals surface area contributed by atoms with Crippen molar-refractivity contribution in [1.82, 2.24) is 5.32 Å². The largest absolute Gasteiger partial charge is 0.355 e. The van der Waals surface area contributed by atoms with Gasteiger partial charge in [-0.1, -0.05) is 54.6 Å². The average Bonchev–Trinajstić information content (AvgIpc) is 2.50. The van der Waals surface area contributed by atoms with Gasteiger partial charge in [0.05, 0.1) is 5.41 Å². The van der Waals surface area contributed by atoms with E-state index < -0.39 is 5.41 Å². The quantitative estimate of drug-likeness (QED) is 0.891. The van der Waals surface area contributed by atoms with Gasteiger partial charge in [-0.3, -0.25) is 4.79 Å². The van der Waals surface area contributed by atoms with E-state index in [2.05, 4.69) is 24.4 Å². The molecule has 1 N–H and O–H groups in total. The molecule has 0 bridgehead atoms. The molecular weight excluding hydrogens is 258 g/mol. The molecule has 2 nitrogen and oxygen atoms in total. The van der Waals surface area contributed by atoms with Crippen LogP contribution < -0.4 is 5.32 Å². The summed E-state index contributed by atoms with van der Waals surface area (Å²) < 4.78 is 0. The Kier molecular flexibility index (Phi) is 4.79. The summed E-state index contributed by atoms with van der Waals surface area (Å²) in [5, 5.41) is 3.06. The van der Waals surface area contributed by atoms with Gasteiger partial charge in [-0.15, -0.1) is 0 Å². The summed E-state index contributed by atoms with van der Waals surface area (Å²) in [5.41, 5.74) is 3.09. The lowest BCUT2D eigenvalue weighted by Gasteiger charge is -2.24. The van der Waals surface area contributed by atoms with Crippen LogP contribution in [0, 0.1) is 6.92 Å². The number of aryl methyl sites for hydroxylation is 1. The highest BCUT2D eigenvalue weighted by Crippen LogP contribution is 2.22. The van der Waals surface area contributed by atoms with E-state index in [-0.39, 0.29) is 5.91 Å². The molecule has 0 spiro atoms. The second-order valence-corrected chi connectivity index (χ2v) is 5.92. The first-order valence-electron chi connectivity index (χ1n) is 7.40. The molecule has 0 aliphatic rings. The summed E-state index contributed by atoms with van der Waals surface area (Å²) in [4.78, 5) is 12.4. The Balaban J connectivity index is 1.94. The van der Waals surface area contributed by atoms with Gasteiger partial charge in [0, 0.05) is 6.54 Å². The Labute approximate surface area is 127 Å². The van der Waals surface area contributed by atoms with Crippen LogP contribution in [0.25, 0.3) is 0 Å². The van der Waals surface area contributed by atoms with Crippen molar-refractivity contribution >= 4 is 5.91 Å². The molecule has 0 saturated heterocycles. The van der Waals surface area contributed by atoms with E-state index in [9.17, 15) is 4.79 Å².